The molecule has 0 saturated heterocycles. The van der Waals surface area contributed by atoms with Crippen LogP contribution < -0.4 is 0 Å². The van der Waals surface area contributed by atoms with Crippen molar-refractivity contribution < 1.29 is 9.45 Å². The third kappa shape index (κ3) is 2.41. The van der Waals surface area contributed by atoms with E-state index in [2.05, 4.69) is 5.16 Å². The first kappa shape index (κ1) is 12.4. The highest BCUT2D eigenvalue weighted by Gasteiger charge is 2.21. The fraction of sp³-hybridized carbons (Fsp3) is 0. The molecule has 20 heavy (non-hydrogen) atoms. The van der Waals surface area contributed by atoms with Crippen molar-refractivity contribution >= 4 is 17.0 Å². The van der Waals surface area contributed by atoms with Crippen molar-refractivity contribution in [2.75, 3.05) is 0 Å². The highest BCUT2D eigenvalue weighted by molar-refractivity contribution is 7.17. The van der Waals surface area contributed by atoms with Crippen LogP contribution in [0.15, 0.2) is 59.1 Å². The van der Waals surface area contributed by atoms with E-state index in [1.807, 2.05) is 30.3 Å². The van der Waals surface area contributed by atoms with Gasteiger partial charge in [-0.15, -0.1) is 0 Å². The van der Waals surface area contributed by atoms with E-state index in [0.29, 0.717) is 10.1 Å². The Hall–Kier alpha value is -2.60. The molecule has 0 aliphatic heterocycles. The Kier molecular flexibility index (Phi) is 3.22. The molecule has 0 aliphatic rings. The molecule has 0 bridgehead atoms. The Bertz CT molecular complexity index is 739. The van der Waals surface area contributed by atoms with E-state index in [-0.39, 0.29) is 5.69 Å². The Morgan fingerprint density at radius 1 is 1.00 bits per heavy atom. The minimum Gasteiger partial charge on any atom is -0.258 e. The second-order valence-corrected chi connectivity index (χ2v) is 5.01. The van der Waals surface area contributed by atoms with Gasteiger partial charge >= 0.3 is 5.07 Å². The molecule has 3 aromatic rings. The van der Waals surface area contributed by atoms with E-state index in [9.17, 15) is 10.1 Å². The highest BCUT2D eigenvalue weighted by atomic mass is 32.1. The normalized spacial score (nSPS) is 10.4. The molecule has 1 aromatic heterocycles. The standard InChI is InChI=1S/C14H9N2O3S/c17-16(18)12-8-6-10(7-9-12)13-15-19-14(20-13)11-4-2-1-3-5-11/h1-9H/q+1. The predicted octanol–water partition coefficient (Wildman–Crippen LogP) is 4.26. The summed E-state index contributed by atoms with van der Waals surface area (Å²) in [5.74, 6) is 0. The van der Waals surface area contributed by atoms with Gasteiger partial charge in [-0.25, -0.2) is 0 Å². The molecule has 0 amide bonds. The van der Waals surface area contributed by atoms with Crippen molar-refractivity contribution in [3.63, 3.8) is 0 Å². The van der Waals surface area contributed by atoms with Gasteiger partial charge in [-0.05, 0) is 35.6 Å². The van der Waals surface area contributed by atoms with Gasteiger partial charge in [-0.2, -0.15) is 0 Å². The lowest BCUT2D eigenvalue weighted by Crippen LogP contribution is -1.86. The highest BCUT2D eigenvalue weighted by Crippen LogP contribution is 2.32. The van der Waals surface area contributed by atoms with Crippen LogP contribution in [-0.2, 0) is 0 Å². The average molecular weight is 285 g/mol. The van der Waals surface area contributed by atoms with E-state index in [0.717, 1.165) is 11.1 Å². The van der Waals surface area contributed by atoms with E-state index < -0.39 is 4.92 Å². The number of nitrogens with zero attached hydrogens (tertiary/aromatic N) is 2. The zero-order valence-electron chi connectivity index (χ0n) is 10.2. The molecule has 0 N–H and O–H groups in total. The van der Waals surface area contributed by atoms with Crippen LogP contribution in [-0.4, -0.2) is 10.1 Å². The summed E-state index contributed by atoms with van der Waals surface area (Å²) in [4.78, 5) is 10.2. The third-order valence-corrected chi connectivity index (χ3v) is 3.73. The lowest BCUT2D eigenvalue weighted by atomic mass is 10.2. The van der Waals surface area contributed by atoms with Crippen LogP contribution in [0, 0.1) is 10.1 Å². The molecule has 98 valence electrons. The maximum absolute atomic E-state index is 10.6. The number of nitro benzene ring substituents is 1. The van der Waals surface area contributed by atoms with Crippen molar-refractivity contribution in [2.24, 2.45) is 0 Å². The van der Waals surface area contributed by atoms with E-state index in [1.54, 1.807) is 12.1 Å². The summed E-state index contributed by atoms with van der Waals surface area (Å²) < 4.78 is 5.32. The van der Waals surface area contributed by atoms with Crippen molar-refractivity contribution in [3.05, 3.63) is 64.7 Å². The number of hydrogen-bond donors (Lipinski definition) is 0. The Balaban J connectivity index is 1.92. The molecule has 0 saturated carbocycles. The summed E-state index contributed by atoms with van der Waals surface area (Å²) in [6.07, 6.45) is 0. The van der Waals surface area contributed by atoms with Crippen molar-refractivity contribution in [1.29, 1.82) is 0 Å². The van der Waals surface area contributed by atoms with Crippen molar-refractivity contribution in [1.82, 2.24) is 5.16 Å². The van der Waals surface area contributed by atoms with Crippen LogP contribution in [0.5, 0.6) is 0 Å². The summed E-state index contributed by atoms with van der Waals surface area (Å²) in [6, 6.07) is 15.9. The number of nitro groups is 1. The van der Waals surface area contributed by atoms with Crippen LogP contribution in [0.2, 0.25) is 0 Å². The zero-order valence-corrected chi connectivity index (χ0v) is 11.0. The van der Waals surface area contributed by atoms with Crippen LogP contribution in [0.3, 0.4) is 0 Å². The van der Waals surface area contributed by atoms with Crippen LogP contribution >= 0.6 is 11.3 Å². The molecule has 0 spiro atoms. The Morgan fingerprint density at radius 3 is 2.35 bits per heavy atom. The second-order valence-electron chi connectivity index (χ2n) is 4.05. The average Bonchev–Trinajstić information content (AvgIpc) is 2.98. The summed E-state index contributed by atoms with van der Waals surface area (Å²) in [7, 11) is 0. The lowest BCUT2D eigenvalue weighted by Gasteiger charge is -1.92. The molecule has 0 unspecified atom stereocenters. The number of hydrogen-bond acceptors (Lipinski definition) is 4. The molecule has 6 heteroatoms. The molecule has 2 aromatic carbocycles. The van der Waals surface area contributed by atoms with Gasteiger partial charge in [-0.3, -0.25) is 10.1 Å². The maximum atomic E-state index is 10.6. The van der Waals surface area contributed by atoms with Crippen LogP contribution in [0.4, 0.5) is 5.69 Å². The molecule has 0 aliphatic carbocycles. The van der Waals surface area contributed by atoms with Gasteiger partial charge in [0, 0.05) is 17.7 Å². The maximum Gasteiger partial charge on any atom is 0.465 e. The van der Waals surface area contributed by atoms with Gasteiger partial charge in [0.05, 0.1) is 10.5 Å². The summed E-state index contributed by atoms with van der Waals surface area (Å²) >= 11 is 1.41. The third-order valence-electron chi connectivity index (χ3n) is 2.74. The summed E-state index contributed by atoms with van der Waals surface area (Å²) in [5.41, 5.74) is 1.82. The number of non-ortho nitro benzene ring substituents is 1. The quantitative estimate of drug-likeness (QED) is 0.409. The summed E-state index contributed by atoms with van der Waals surface area (Å²) in [6.45, 7) is 0. The predicted molar refractivity (Wildman–Crippen MR) is 76.3 cm³/mol. The minimum atomic E-state index is -0.425. The molecular formula is C14H9N2O3S+. The molecule has 5 nitrogen and oxygen atoms in total. The van der Waals surface area contributed by atoms with Gasteiger partial charge < -0.3 is 0 Å². The van der Waals surface area contributed by atoms with Gasteiger partial charge in [0.25, 0.3) is 5.69 Å². The number of rotatable bonds is 3. The Labute approximate surface area is 118 Å². The fourth-order valence-corrected chi connectivity index (χ4v) is 2.56. The SMILES string of the molecule is O=[N+]([O-])c1ccc(-c2n[o+]c(-c3ccccc3)s2)cc1. The minimum absolute atomic E-state index is 0.0607. The largest absolute Gasteiger partial charge is 0.465 e. The van der Waals surface area contributed by atoms with Crippen LogP contribution in [0.1, 0.15) is 0 Å². The first-order valence-electron chi connectivity index (χ1n) is 5.84. The summed E-state index contributed by atoms with van der Waals surface area (Å²) in [5, 5.41) is 16.0. The number of benzene rings is 2. The van der Waals surface area contributed by atoms with Gasteiger partial charge in [0.1, 0.15) is 0 Å². The molecule has 3 rings (SSSR count). The molecule has 0 radical (unpaired) electrons. The zero-order chi connectivity index (χ0) is 13.9. The van der Waals surface area contributed by atoms with E-state index in [1.165, 1.54) is 23.5 Å². The van der Waals surface area contributed by atoms with E-state index >= 15 is 0 Å². The van der Waals surface area contributed by atoms with Gasteiger partial charge in [0.2, 0.25) is 5.01 Å². The smallest absolute Gasteiger partial charge is 0.258 e. The molecule has 0 fully saturated rings. The van der Waals surface area contributed by atoms with Gasteiger partial charge in [0.15, 0.2) is 5.16 Å². The Morgan fingerprint density at radius 2 is 1.70 bits per heavy atom. The van der Waals surface area contributed by atoms with Crippen LogP contribution in [0.25, 0.3) is 21.2 Å². The first-order valence-corrected chi connectivity index (χ1v) is 6.66. The first-order chi connectivity index (χ1) is 9.74. The van der Waals surface area contributed by atoms with Gasteiger partial charge in [-0.1, -0.05) is 22.7 Å². The van der Waals surface area contributed by atoms with E-state index in [4.69, 9.17) is 4.52 Å². The van der Waals surface area contributed by atoms with Crippen molar-refractivity contribution in [3.8, 4) is 21.2 Å². The second kappa shape index (κ2) is 5.18. The monoisotopic (exact) mass is 285 g/mol. The topological polar surface area (TPSA) is 67.3 Å². The fourth-order valence-electron chi connectivity index (χ4n) is 1.73. The molecular weight excluding hydrogens is 276 g/mol. The lowest BCUT2D eigenvalue weighted by molar-refractivity contribution is -0.384. The van der Waals surface area contributed by atoms with Crippen molar-refractivity contribution in [2.45, 2.75) is 0 Å². The molecule has 1 heterocycles. The molecule has 0 atom stereocenters. The number of aromatic nitrogens is 1.